The third kappa shape index (κ3) is 5.78. The first-order chi connectivity index (χ1) is 15.0. The van der Waals surface area contributed by atoms with E-state index in [0.717, 1.165) is 5.56 Å². The van der Waals surface area contributed by atoms with Crippen molar-refractivity contribution in [3.05, 3.63) is 58.6 Å². The van der Waals surface area contributed by atoms with Crippen LogP contribution in [0.1, 0.15) is 57.5 Å². The molecule has 2 aromatic carbocycles. The van der Waals surface area contributed by atoms with Crippen molar-refractivity contribution < 1.29 is 15.0 Å². The Morgan fingerprint density at radius 2 is 1.56 bits per heavy atom. The van der Waals surface area contributed by atoms with Crippen LogP contribution in [0.3, 0.4) is 0 Å². The molecule has 3 aromatic rings. The summed E-state index contributed by atoms with van der Waals surface area (Å²) < 4.78 is 0. The summed E-state index contributed by atoms with van der Waals surface area (Å²) in [5.74, 6) is -1.53. The van der Waals surface area contributed by atoms with Crippen molar-refractivity contribution >= 4 is 28.5 Å². The fraction of sp³-hybridized carbons (Fsp3) is 0.385. The lowest BCUT2D eigenvalue weighted by Crippen LogP contribution is -2.21. The van der Waals surface area contributed by atoms with Crippen LogP contribution in [0.15, 0.2) is 42.5 Å². The predicted octanol–water partition coefficient (Wildman–Crippen LogP) is 6.60. The second-order valence-corrected chi connectivity index (χ2v) is 9.00. The Morgan fingerprint density at radius 3 is 2.00 bits per heavy atom. The minimum atomic E-state index is -1.19. The highest BCUT2D eigenvalue weighted by Gasteiger charge is 2.25. The molecule has 3 rings (SSSR count). The smallest absolute Gasteiger partial charge is 0.340 e. The number of para-hydroxylation sites is 1. The molecule has 0 aliphatic heterocycles. The molecular weight excluding hydrogens is 424 g/mol. The van der Waals surface area contributed by atoms with Gasteiger partial charge in [-0.15, -0.1) is 0 Å². The monoisotopic (exact) mass is 456 g/mol. The van der Waals surface area contributed by atoms with E-state index in [1.165, 1.54) is 19.6 Å². The van der Waals surface area contributed by atoms with E-state index in [4.69, 9.17) is 11.6 Å². The Balaban J connectivity index is 0.000000451. The molecule has 172 valence electrons. The molecule has 1 aromatic heterocycles. The Kier molecular flexibility index (Phi) is 8.65. The van der Waals surface area contributed by atoms with E-state index >= 15 is 0 Å². The van der Waals surface area contributed by atoms with E-state index in [2.05, 4.69) is 30.7 Å². The summed E-state index contributed by atoms with van der Waals surface area (Å²) in [6, 6.07) is 12.2. The van der Waals surface area contributed by atoms with Gasteiger partial charge in [-0.25, -0.2) is 9.78 Å². The fourth-order valence-electron chi connectivity index (χ4n) is 3.58. The molecule has 5 nitrogen and oxygen atoms in total. The topological polar surface area (TPSA) is 73.7 Å². The normalized spacial score (nSPS) is 11.4. The fourth-order valence-corrected chi connectivity index (χ4v) is 3.70. The molecule has 0 unspecified atom stereocenters. The molecule has 0 amide bonds. The summed E-state index contributed by atoms with van der Waals surface area (Å²) >= 11 is 5.92. The average molecular weight is 457 g/mol. The first-order valence-corrected chi connectivity index (χ1v) is 11.3. The van der Waals surface area contributed by atoms with Gasteiger partial charge in [0, 0.05) is 16.0 Å². The van der Waals surface area contributed by atoms with Gasteiger partial charge in [0.1, 0.15) is 11.3 Å². The number of nitrogens with zero attached hydrogens (tertiary/aromatic N) is 2. The van der Waals surface area contributed by atoms with Crippen LogP contribution in [-0.2, 0) is 5.41 Å². The zero-order valence-corrected chi connectivity index (χ0v) is 20.5. The number of aromatic nitrogens is 1. The first-order valence-electron chi connectivity index (χ1n) is 10.9. The van der Waals surface area contributed by atoms with Crippen molar-refractivity contribution in [1.29, 1.82) is 0 Å². The highest BCUT2D eigenvalue weighted by molar-refractivity contribution is 6.30. The van der Waals surface area contributed by atoms with Crippen molar-refractivity contribution in [2.45, 2.75) is 47.0 Å². The standard InChI is InChI=1S/C20H18ClNO3.C6H15N/c1-20(2,3)14-6-4-5-13-15(19(24)25)18(23)16(22-17(13)14)11-7-9-12(21)10-8-11;1-4-7(5-2)6-3/h4-10,23H,1-3H3,(H,24,25);4-6H2,1-3H3. The SMILES string of the molecule is CC(C)(C)c1cccc2c(C(=O)O)c(O)c(-c3ccc(Cl)cc3)nc12.CCN(CC)CC. The Morgan fingerprint density at radius 1 is 1.00 bits per heavy atom. The average Bonchev–Trinajstić information content (AvgIpc) is 2.74. The summed E-state index contributed by atoms with van der Waals surface area (Å²) in [6.07, 6.45) is 0. The Labute approximate surface area is 195 Å². The second kappa shape index (κ2) is 10.8. The number of halogens is 1. The highest BCUT2D eigenvalue weighted by Crippen LogP contribution is 2.39. The van der Waals surface area contributed by atoms with Crippen molar-refractivity contribution in [3.8, 4) is 17.0 Å². The van der Waals surface area contributed by atoms with E-state index in [-0.39, 0.29) is 22.4 Å². The lowest BCUT2D eigenvalue weighted by molar-refractivity contribution is 0.0696. The van der Waals surface area contributed by atoms with Crippen LogP contribution >= 0.6 is 11.6 Å². The van der Waals surface area contributed by atoms with Gasteiger partial charge in [-0.3, -0.25) is 0 Å². The molecule has 32 heavy (non-hydrogen) atoms. The molecule has 0 bridgehead atoms. The number of fused-ring (bicyclic) bond motifs is 1. The molecule has 0 saturated heterocycles. The van der Waals surface area contributed by atoms with Gasteiger partial charge in [0.25, 0.3) is 0 Å². The summed E-state index contributed by atoms with van der Waals surface area (Å²) in [7, 11) is 0. The number of hydrogen-bond donors (Lipinski definition) is 2. The molecule has 0 radical (unpaired) electrons. The maximum Gasteiger partial charge on any atom is 0.340 e. The number of aromatic carboxylic acids is 1. The summed E-state index contributed by atoms with van der Waals surface area (Å²) in [5, 5.41) is 21.2. The lowest BCUT2D eigenvalue weighted by Gasteiger charge is -2.22. The van der Waals surface area contributed by atoms with Crippen LogP contribution in [0.25, 0.3) is 22.2 Å². The van der Waals surface area contributed by atoms with Crippen LogP contribution in [0, 0.1) is 0 Å². The molecule has 0 aliphatic rings. The second-order valence-electron chi connectivity index (χ2n) is 8.57. The van der Waals surface area contributed by atoms with Gasteiger partial charge in [0.2, 0.25) is 0 Å². The molecule has 0 spiro atoms. The van der Waals surface area contributed by atoms with Gasteiger partial charge < -0.3 is 15.1 Å². The quantitative estimate of drug-likeness (QED) is 0.452. The minimum absolute atomic E-state index is 0.138. The molecule has 0 aliphatic carbocycles. The molecule has 0 atom stereocenters. The largest absolute Gasteiger partial charge is 0.505 e. The van der Waals surface area contributed by atoms with Crippen LogP contribution in [-0.4, -0.2) is 45.7 Å². The van der Waals surface area contributed by atoms with Crippen LogP contribution in [0.4, 0.5) is 0 Å². The number of aromatic hydroxyl groups is 1. The van der Waals surface area contributed by atoms with Crippen molar-refractivity contribution in [1.82, 2.24) is 9.88 Å². The van der Waals surface area contributed by atoms with E-state index in [1.54, 1.807) is 36.4 Å². The first kappa shape index (κ1) is 25.6. The summed E-state index contributed by atoms with van der Waals surface area (Å²) in [4.78, 5) is 18.8. The Hall–Kier alpha value is -2.63. The zero-order chi connectivity index (χ0) is 24.1. The number of pyridine rings is 1. The Bertz CT molecular complexity index is 1060. The third-order valence-electron chi connectivity index (χ3n) is 5.47. The van der Waals surface area contributed by atoms with Gasteiger partial charge >= 0.3 is 5.97 Å². The molecule has 0 saturated carbocycles. The predicted molar refractivity (Wildman–Crippen MR) is 133 cm³/mol. The molecule has 0 fully saturated rings. The van der Waals surface area contributed by atoms with E-state index in [0.29, 0.717) is 21.5 Å². The van der Waals surface area contributed by atoms with Crippen molar-refractivity contribution in [2.75, 3.05) is 19.6 Å². The summed E-state index contributed by atoms with van der Waals surface area (Å²) in [6.45, 7) is 16.2. The maximum atomic E-state index is 11.8. The van der Waals surface area contributed by atoms with E-state index in [9.17, 15) is 15.0 Å². The third-order valence-corrected chi connectivity index (χ3v) is 5.72. The molecule has 2 N–H and O–H groups in total. The maximum absolute atomic E-state index is 11.8. The number of carbonyl (C=O) groups is 1. The van der Waals surface area contributed by atoms with E-state index < -0.39 is 5.97 Å². The zero-order valence-electron chi connectivity index (χ0n) is 19.7. The molecule has 6 heteroatoms. The van der Waals surface area contributed by atoms with Gasteiger partial charge in [-0.1, -0.05) is 83.5 Å². The van der Waals surface area contributed by atoms with Crippen LogP contribution < -0.4 is 0 Å². The highest BCUT2D eigenvalue weighted by atomic mass is 35.5. The van der Waals surface area contributed by atoms with Crippen molar-refractivity contribution in [3.63, 3.8) is 0 Å². The number of carboxylic acid groups (broad SMARTS) is 1. The van der Waals surface area contributed by atoms with E-state index in [1.807, 2.05) is 26.8 Å². The minimum Gasteiger partial charge on any atom is -0.505 e. The van der Waals surface area contributed by atoms with Gasteiger partial charge in [-0.05, 0) is 42.7 Å². The van der Waals surface area contributed by atoms with Gasteiger partial charge in [0.05, 0.1) is 5.52 Å². The van der Waals surface area contributed by atoms with Gasteiger partial charge in [-0.2, -0.15) is 0 Å². The van der Waals surface area contributed by atoms with Crippen LogP contribution in [0.2, 0.25) is 5.02 Å². The van der Waals surface area contributed by atoms with Crippen molar-refractivity contribution in [2.24, 2.45) is 0 Å². The van der Waals surface area contributed by atoms with Gasteiger partial charge in [0.15, 0.2) is 5.75 Å². The molecular formula is C26H33ClN2O3. The molecule has 1 heterocycles. The lowest BCUT2D eigenvalue weighted by atomic mass is 9.84. The number of hydrogen-bond acceptors (Lipinski definition) is 4. The summed E-state index contributed by atoms with van der Waals surface area (Å²) in [5.41, 5.74) is 1.98. The number of carboxylic acids is 1. The number of rotatable bonds is 5. The number of benzene rings is 2. The van der Waals surface area contributed by atoms with Crippen LogP contribution in [0.5, 0.6) is 5.75 Å².